The van der Waals surface area contributed by atoms with Crippen molar-refractivity contribution in [1.82, 2.24) is 14.5 Å². The Labute approximate surface area is 123 Å². The number of rotatable bonds is 6. The molecule has 0 aliphatic heterocycles. The topological polar surface area (TPSA) is 97.2 Å². The molecule has 2 aromatic rings. The van der Waals surface area contributed by atoms with Crippen molar-refractivity contribution in [2.45, 2.75) is 38.0 Å². The van der Waals surface area contributed by atoms with Gasteiger partial charge in [0.05, 0.1) is 17.9 Å². The molecule has 0 aromatic carbocycles. The smallest absolute Gasteiger partial charge is 0.160 e. The second kappa shape index (κ2) is 5.83. The molecular weight excluding hydrogens is 268 g/mol. The minimum absolute atomic E-state index is 0.452. The van der Waals surface area contributed by atoms with Crippen molar-refractivity contribution in [3.63, 3.8) is 0 Å². The number of anilines is 1. The Morgan fingerprint density at radius 3 is 2.71 bits per heavy atom. The SMILES string of the molecule is Nc1ccc(CC(c2cn(CC3CC3)cn2)C(O)O)cn1. The Morgan fingerprint density at radius 1 is 1.29 bits per heavy atom. The van der Waals surface area contributed by atoms with Crippen molar-refractivity contribution in [3.05, 3.63) is 42.1 Å². The van der Waals surface area contributed by atoms with E-state index in [2.05, 4.69) is 9.97 Å². The number of imidazole rings is 1. The lowest BCUT2D eigenvalue weighted by molar-refractivity contribution is -0.0610. The van der Waals surface area contributed by atoms with Crippen molar-refractivity contribution in [1.29, 1.82) is 0 Å². The summed E-state index contributed by atoms with van der Waals surface area (Å²) in [6.45, 7) is 0.963. The first kappa shape index (κ1) is 14.0. The molecule has 112 valence electrons. The van der Waals surface area contributed by atoms with Gasteiger partial charge in [0.1, 0.15) is 5.82 Å². The van der Waals surface area contributed by atoms with Gasteiger partial charge in [-0.3, -0.25) is 0 Å². The lowest BCUT2D eigenvalue weighted by atomic mass is 9.97. The number of nitrogens with two attached hydrogens (primary N) is 1. The highest BCUT2D eigenvalue weighted by atomic mass is 16.5. The summed E-state index contributed by atoms with van der Waals surface area (Å²) in [7, 11) is 0. The van der Waals surface area contributed by atoms with E-state index in [9.17, 15) is 10.2 Å². The van der Waals surface area contributed by atoms with Gasteiger partial charge in [-0.25, -0.2) is 9.97 Å². The number of hydrogen-bond acceptors (Lipinski definition) is 5. The minimum Gasteiger partial charge on any atom is -0.384 e. The van der Waals surface area contributed by atoms with Gasteiger partial charge >= 0.3 is 0 Å². The summed E-state index contributed by atoms with van der Waals surface area (Å²) in [4.78, 5) is 8.36. The van der Waals surface area contributed by atoms with Gasteiger partial charge in [-0.1, -0.05) is 6.07 Å². The normalized spacial score (nSPS) is 16.3. The van der Waals surface area contributed by atoms with Crippen molar-refractivity contribution >= 4 is 5.82 Å². The molecule has 1 atom stereocenters. The van der Waals surface area contributed by atoms with Crippen molar-refractivity contribution in [2.24, 2.45) is 5.92 Å². The first-order chi connectivity index (χ1) is 10.1. The molecule has 6 heteroatoms. The van der Waals surface area contributed by atoms with Crippen LogP contribution in [0.2, 0.25) is 0 Å². The summed E-state index contributed by atoms with van der Waals surface area (Å²) in [5.74, 6) is 0.746. The Morgan fingerprint density at radius 2 is 2.10 bits per heavy atom. The van der Waals surface area contributed by atoms with Crippen LogP contribution in [0.4, 0.5) is 5.82 Å². The number of pyridine rings is 1. The van der Waals surface area contributed by atoms with Crippen LogP contribution < -0.4 is 5.73 Å². The first-order valence-corrected chi connectivity index (χ1v) is 7.20. The second-order valence-electron chi connectivity index (χ2n) is 5.75. The monoisotopic (exact) mass is 288 g/mol. The molecule has 1 fully saturated rings. The van der Waals surface area contributed by atoms with Crippen LogP contribution in [0.3, 0.4) is 0 Å². The Bertz CT molecular complexity index is 590. The molecule has 2 aromatic heterocycles. The summed E-state index contributed by atoms with van der Waals surface area (Å²) < 4.78 is 2.03. The maximum absolute atomic E-state index is 9.65. The van der Waals surface area contributed by atoms with E-state index < -0.39 is 12.2 Å². The summed E-state index contributed by atoms with van der Waals surface area (Å²) in [6.07, 6.45) is 6.90. The molecular formula is C15H20N4O2. The molecule has 1 aliphatic carbocycles. The molecule has 1 saturated carbocycles. The standard InChI is InChI=1S/C15H20N4O2/c16-14-4-3-11(6-17-14)5-12(15(20)21)13-8-19(9-18-13)7-10-1-2-10/h3-4,6,8-10,12,15,20-21H,1-2,5,7H2,(H2,16,17). The highest BCUT2D eigenvalue weighted by molar-refractivity contribution is 5.30. The Hall–Kier alpha value is -1.92. The molecule has 1 unspecified atom stereocenters. The number of nitrogen functional groups attached to an aromatic ring is 1. The van der Waals surface area contributed by atoms with E-state index in [1.165, 1.54) is 12.8 Å². The van der Waals surface area contributed by atoms with Crippen LogP contribution in [0.5, 0.6) is 0 Å². The number of aliphatic hydroxyl groups is 2. The fraction of sp³-hybridized carbons (Fsp3) is 0.467. The van der Waals surface area contributed by atoms with Gasteiger partial charge in [-0.05, 0) is 36.8 Å². The molecule has 0 spiro atoms. The third-order valence-corrected chi connectivity index (χ3v) is 3.86. The zero-order valence-corrected chi connectivity index (χ0v) is 11.8. The summed E-state index contributed by atoms with van der Waals surface area (Å²) in [5.41, 5.74) is 7.16. The van der Waals surface area contributed by atoms with E-state index in [4.69, 9.17) is 5.73 Å². The first-order valence-electron chi connectivity index (χ1n) is 7.20. The van der Waals surface area contributed by atoms with Gasteiger partial charge in [0.25, 0.3) is 0 Å². The van der Waals surface area contributed by atoms with Crippen LogP contribution in [-0.2, 0) is 13.0 Å². The van der Waals surface area contributed by atoms with Crippen molar-refractivity contribution in [3.8, 4) is 0 Å². The fourth-order valence-electron chi connectivity index (χ4n) is 2.44. The zero-order valence-electron chi connectivity index (χ0n) is 11.8. The molecule has 0 saturated heterocycles. The van der Waals surface area contributed by atoms with Crippen LogP contribution in [0.1, 0.15) is 30.0 Å². The predicted octanol–water partition coefficient (Wildman–Crippen LogP) is 0.907. The lowest BCUT2D eigenvalue weighted by Gasteiger charge is -2.16. The van der Waals surface area contributed by atoms with E-state index in [0.717, 1.165) is 18.0 Å². The van der Waals surface area contributed by atoms with Crippen LogP contribution >= 0.6 is 0 Å². The lowest BCUT2D eigenvalue weighted by Crippen LogP contribution is -2.20. The summed E-state index contributed by atoms with van der Waals surface area (Å²) >= 11 is 0. The average molecular weight is 288 g/mol. The highest BCUT2D eigenvalue weighted by Crippen LogP contribution is 2.31. The summed E-state index contributed by atoms with van der Waals surface area (Å²) in [5, 5.41) is 19.3. The van der Waals surface area contributed by atoms with Crippen LogP contribution in [0.15, 0.2) is 30.9 Å². The van der Waals surface area contributed by atoms with E-state index in [0.29, 0.717) is 17.9 Å². The molecule has 3 rings (SSSR count). The number of aromatic nitrogens is 3. The Kier molecular flexibility index (Phi) is 3.90. The van der Waals surface area contributed by atoms with Crippen LogP contribution in [-0.4, -0.2) is 31.0 Å². The van der Waals surface area contributed by atoms with Crippen molar-refractivity contribution in [2.75, 3.05) is 5.73 Å². The third-order valence-electron chi connectivity index (χ3n) is 3.86. The number of aliphatic hydroxyl groups excluding tert-OH is 1. The highest BCUT2D eigenvalue weighted by Gasteiger charge is 2.25. The van der Waals surface area contributed by atoms with E-state index in [-0.39, 0.29) is 0 Å². The average Bonchev–Trinajstić information content (AvgIpc) is 3.14. The van der Waals surface area contributed by atoms with Gasteiger partial charge in [-0.15, -0.1) is 0 Å². The minimum atomic E-state index is -1.45. The molecule has 4 N–H and O–H groups in total. The molecule has 6 nitrogen and oxygen atoms in total. The maximum Gasteiger partial charge on any atom is 0.160 e. The van der Waals surface area contributed by atoms with E-state index in [1.807, 2.05) is 16.8 Å². The maximum atomic E-state index is 9.65. The summed E-state index contributed by atoms with van der Waals surface area (Å²) in [6, 6.07) is 3.56. The van der Waals surface area contributed by atoms with Gasteiger partial charge in [0, 0.05) is 18.9 Å². The van der Waals surface area contributed by atoms with Gasteiger partial charge in [0.15, 0.2) is 6.29 Å². The van der Waals surface area contributed by atoms with E-state index in [1.54, 1.807) is 18.6 Å². The van der Waals surface area contributed by atoms with Gasteiger partial charge in [0.2, 0.25) is 0 Å². The molecule has 2 heterocycles. The van der Waals surface area contributed by atoms with Gasteiger partial charge < -0.3 is 20.5 Å². The molecule has 0 bridgehead atoms. The molecule has 0 amide bonds. The number of nitrogens with zero attached hydrogens (tertiary/aromatic N) is 3. The Balaban J connectivity index is 1.73. The fourth-order valence-corrected chi connectivity index (χ4v) is 2.44. The van der Waals surface area contributed by atoms with Crippen molar-refractivity contribution < 1.29 is 10.2 Å². The zero-order chi connectivity index (χ0) is 14.8. The quantitative estimate of drug-likeness (QED) is 0.686. The predicted molar refractivity (Wildman–Crippen MR) is 78.3 cm³/mol. The molecule has 1 aliphatic rings. The third kappa shape index (κ3) is 3.59. The molecule has 21 heavy (non-hydrogen) atoms. The van der Waals surface area contributed by atoms with Gasteiger partial charge in [-0.2, -0.15) is 0 Å². The second-order valence-corrected chi connectivity index (χ2v) is 5.75. The molecule has 0 radical (unpaired) electrons. The van der Waals surface area contributed by atoms with Crippen LogP contribution in [0, 0.1) is 5.92 Å². The van der Waals surface area contributed by atoms with Crippen LogP contribution in [0.25, 0.3) is 0 Å². The number of hydrogen-bond donors (Lipinski definition) is 3. The van der Waals surface area contributed by atoms with E-state index >= 15 is 0 Å². The largest absolute Gasteiger partial charge is 0.384 e.